The number of alkyl halides is 6. The van der Waals surface area contributed by atoms with E-state index in [1.165, 1.54) is 61.6 Å². The molecule has 0 aromatic carbocycles. The molecule has 214 valence electrons. The van der Waals surface area contributed by atoms with Crippen LogP contribution in [-0.4, -0.2) is 85.2 Å². The van der Waals surface area contributed by atoms with E-state index in [0.717, 1.165) is 19.6 Å². The molecule has 1 unspecified atom stereocenters. The zero-order valence-electron chi connectivity index (χ0n) is 20.5. The average Bonchev–Trinajstić information content (AvgIpc) is 3.47. The van der Waals surface area contributed by atoms with E-state index in [2.05, 4.69) is 37.6 Å². The fourth-order valence-electron chi connectivity index (χ4n) is 3.99. The summed E-state index contributed by atoms with van der Waals surface area (Å²) in [5.41, 5.74) is 4.50. The molecule has 1 fully saturated rings. The molecule has 9 nitrogen and oxygen atoms in total. The lowest BCUT2D eigenvalue weighted by Crippen LogP contribution is -2.39. The van der Waals surface area contributed by atoms with Crippen molar-refractivity contribution in [2.45, 2.75) is 64.1 Å². The van der Waals surface area contributed by atoms with Crippen LogP contribution >= 0.6 is 11.3 Å². The molecule has 38 heavy (non-hydrogen) atoms. The third kappa shape index (κ3) is 10.2. The molecule has 2 aromatic heterocycles. The Balaban J connectivity index is 0.000000301. The Bertz CT molecular complexity index is 1010. The molecule has 0 spiro atoms. The number of hydrogen-bond donors (Lipinski definition) is 2. The fourth-order valence-corrected chi connectivity index (χ4v) is 4.81. The summed E-state index contributed by atoms with van der Waals surface area (Å²) in [7, 11) is 0. The van der Waals surface area contributed by atoms with E-state index in [-0.39, 0.29) is 0 Å². The SMILES string of the molecule is Cc1ncsc1CN1Cc2ccnn2C(CCN2CCCCC2)C1.O=C(O)C(F)(F)F.O=C(O)C(F)(F)F. The predicted molar refractivity (Wildman–Crippen MR) is 125 cm³/mol. The van der Waals surface area contributed by atoms with E-state index < -0.39 is 24.3 Å². The van der Waals surface area contributed by atoms with Gasteiger partial charge in [-0.05, 0) is 45.3 Å². The van der Waals surface area contributed by atoms with Gasteiger partial charge in [0.1, 0.15) is 0 Å². The second-order valence-electron chi connectivity index (χ2n) is 8.75. The number of hydrogen-bond acceptors (Lipinski definition) is 7. The number of thiazole rings is 1. The number of fused-ring (bicyclic) bond motifs is 1. The molecule has 0 bridgehead atoms. The van der Waals surface area contributed by atoms with Crippen molar-refractivity contribution in [1.82, 2.24) is 24.6 Å². The number of likely N-dealkylation sites (tertiary alicyclic amines) is 1. The van der Waals surface area contributed by atoms with Crippen LogP contribution in [0.5, 0.6) is 0 Å². The summed E-state index contributed by atoms with van der Waals surface area (Å²) in [5, 5.41) is 18.9. The van der Waals surface area contributed by atoms with Crippen LogP contribution in [0.3, 0.4) is 0 Å². The van der Waals surface area contributed by atoms with Crippen LogP contribution in [-0.2, 0) is 22.7 Å². The van der Waals surface area contributed by atoms with Gasteiger partial charge in [0.15, 0.2) is 0 Å². The van der Waals surface area contributed by atoms with Crippen molar-refractivity contribution in [1.29, 1.82) is 0 Å². The highest BCUT2D eigenvalue weighted by molar-refractivity contribution is 7.09. The average molecular weight is 574 g/mol. The first kappa shape index (κ1) is 31.5. The molecule has 4 heterocycles. The van der Waals surface area contributed by atoms with Crippen LogP contribution in [0.2, 0.25) is 0 Å². The lowest BCUT2D eigenvalue weighted by Gasteiger charge is -2.35. The van der Waals surface area contributed by atoms with Crippen molar-refractivity contribution in [3.05, 3.63) is 34.0 Å². The van der Waals surface area contributed by atoms with Gasteiger partial charge in [-0.1, -0.05) is 6.42 Å². The summed E-state index contributed by atoms with van der Waals surface area (Å²) in [4.78, 5) is 28.8. The first-order valence-electron chi connectivity index (χ1n) is 11.6. The Morgan fingerprint density at radius 2 is 1.61 bits per heavy atom. The van der Waals surface area contributed by atoms with Gasteiger partial charge in [0.2, 0.25) is 0 Å². The molecular weight excluding hydrogens is 544 g/mol. The van der Waals surface area contributed by atoms with Crippen LogP contribution in [0.4, 0.5) is 26.3 Å². The van der Waals surface area contributed by atoms with E-state index in [9.17, 15) is 26.3 Å². The lowest BCUT2D eigenvalue weighted by molar-refractivity contribution is -0.193. The van der Waals surface area contributed by atoms with Crippen LogP contribution in [0.15, 0.2) is 17.8 Å². The molecule has 0 amide bonds. The van der Waals surface area contributed by atoms with Gasteiger partial charge in [-0.3, -0.25) is 9.58 Å². The maximum atomic E-state index is 10.6. The Morgan fingerprint density at radius 3 is 2.11 bits per heavy atom. The minimum Gasteiger partial charge on any atom is -0.475 e. The Kier molecular flexibility index (Phi) is 11.5. The lowest BCUT2D eigenvalue weighted by atomic mass is 10.1. The first-order chi connectivity index (χ1) is 17.7. The van der Waals surface area contributed by atoms with Gasteiger partial charge >= 0.3 is 24.3 Å². The Hall–Kier alpha value is -2.72. The van der Waals surface area contributed by atoms with Crippen molar-refractivity contribution in [3.63, 3.8) is 0 Å². The van der Waals surface area contributed by atoms with E-state index in [0.29, 0.717) is 6.04 Å². The van der Waals surface area contributed by atoms with E-state index in [4.69, 9.17) is 19.8 Å². The molecule has 1 saturated heterocycles. The Morgan fingerprint density at radius 1 is 1.03 bits per heavy atom. The smallest absolute Gasteiger partial charge is 0.475 e. The summed E-state index contributed by atoms with van der Waals surface area (Å²) < 4.78 is 65.7. The van der Waals surface area contributed by atoms with Crippen molar-refractivity contribution in [3.8, 4) is 0 Å². The molecule has 2 aliphatic heterocycles. The standard InChI is InChI=1S/C18H27N5S.2C2HF3O2/c1-15-18(24-14-19-15)13-22-11-16-5-7-20-23(16)17(12-22)6-10-21-8-3-2-4-9-21;2*3-2(4,5)1(6)7/h5,7,14,17H,2-4,6,8-13H2,1H3;2*(H,6,7). The van der Waals surface area contributed by atoms with Crippen molar-refractivity contribution < 1.29 is 46.1 Å². The molecule has 2 aromatic rings. The molecule has 0 aliphatic carbocycles. The third-order valence-corrected chi connectivity index (χ3v) is 6.80. The van der Waals surface area contributed by atoms with Crippen LogP contribution in [0.25, 0.3) is 0 Å². The van der Waals surface area contributed by atoms with E-state index in [1.807, 2.05) is 11.7 Å². The number of nitrogens with zero attached hydrogens (tertiary/aromatic N) is 5. The third-order valence-electron chi connectivity index (χ3n) is 5.88. The molecule has 2 N–H and O–H groups in total. The highest BCUT2D eigenvalue weighted by Gasteiger charge is 2.38. The van der Waals surface area contributed by atoms with Crippen LogP contribution < -0.4 is 0 Å². The molecule has 0 saturated carbocycles. The maximum Gasteiger partial charge on any atom is 0.490 e. The number of carboxylic acids is 2. The highest BCUT2D eigenvalue weighted by Crippen LogP contribution is 2.26. The second kappa shape index (κ2) is 13.9. The zero-order chi connectivity index (χ0) is 28.5. The molecule has 2 aliphatic rings. The molecule has 4 rings (SSSR count). The van der Waals surface area contributed by atoms with Crippen molar-refractivity contribution in [2.24, 2.45) is 0 Å². The van der Waals surface area contributed by atoms with Crippen LogP contribution in [0.1, 0.15) is 48.0 Å². The summed E-state index contributed by atoms with van der Waals surface area (Å²) in [6.07, 6.45) is -2.86. The minimum absolute atomic E-state index is 0.499. The molecular formula is C22H29F6N5O4S. The first-order valence-corrected chi connectivity index (χ1v) is 12.5. The van der Waals surface area contributed by atoms with Gasteiger partial charge in [0.05, 0.1) is 22.9 Å². The van der Waals surface area contributed by atoms with E-state index >= 15 is 0 Å². The number of carbonyl (C=O) groups is 2. The minimum atomic E-state index is -5.08. The topological polar surface area (TPSA) is 112 Å². The number of aryl methyl sites for hydroxylation is 1. The van der Waals surface area contributed by atoms with Gasteiger partial charge in [0.25, 0.3) is 0 Å². The monoisotopic (exact) mass is 573 g/mol. The summed E-state index contributed by atoms with van der Waals surface area (Å²) in [6.45, 7) is 9.00. The number of rotatable bonds is 5. The number of carboxylic acid groups (broad SMARTS) is 2. The van der Waals surface area contributed by atoms with Crippen LogP contribution in [0, 0.1) is 6.92 Å². The molecule has 0 radical (unpaired) electrons. The zero-order valence-corrected chi connectivity index (χ0v) is 21.3. The largest absolute Gasteiger partial charge is 0.490 e. The Labute approximate surface area is 218 Å². The summed E-state index contributed by atoms with van der Waals surface area (Å²) in [5.74, 6) is -5.51. The van der Waals surface area contributed by atoms with Gasteiger partial charge in [-0.15, -0.1) is 11.3 Å². The van der Waals surface area contributed by atoms with Crippen molar-refractivity contribution >= 4 is 23.3 Å². The predicted octanol–water partition coefficient (Wildman–Crippen LogP) is 4.35. The van der Waals surface area contributed by atoms with E-state index in [1.54, 1.807) is 11.3 Å². The maximum absolute atomic E-state index is 10.6. The molecule has 16 heteroatoms. The molecule has 1 atom stereocenters. The summed E-state index contributed by atoms with van der Waals surface area (Å²) in [6, 6.07) is 2.68. The second-order valence-corrected chi connectivity index (χ2v) is 9.69. The van der Waals surface area contributed by atoms with Gasteiger partial charge in [-0.2, -0.15) is 31.4 Å². The highest BCUT2D eigenvalue weighted by atomic mass is 32.1. The number of halogens is 6. The van der Waals surface area contributed by atoms with Crippen molar-refractivity contribution in [2.75, 3.05) is 26.2 Å². The fraction of sp³-hybridized carbons (Fsp3) is 0.636. The van der Waals surface area contributed by atoms with Gasteiger partial charge in [0, 0.05) is 37.3 Å². The van der Waals surface area contributed by atoms with Gasteiger partial charge in [-0.25, -0.2) is 14.6 Å². The summed E-state index contributed by atoms with van der Waals surface area (Å²) >= 11 is 1.78. The number of aliphatic carboxylic acids is 2. The number of aromatic nitrogens is 3. The quantitative estimate of drug-likeness (QED) is 0.508. The normalized spacial score (nSPS) is 18.4. The number of piperidine rings is 1. The van der Waals surface area contributed by atoms with Gasteiger partial charge < -0.3 is 15.1 Å².